The topological polar surface area (TPSA) is 21.3 Å². The van der Waals surface area contributed by atoms with E-state index >= 15 is 0 Å². The van der Waals surface area contributed by atoms with E-state index in [-0.39, 0.29) is 0 Å². The second kappa shape index (κ2) is 4.58. The molecule has 0 saturated heterocycles. The summed E-state index contributed by atoms with van der Waals surface area (Å²) in [5.74, 6) is 1.07. The van der Waals surface area contributed by atoms with Crippen LogP contribution < -0.4 is 10.1 Å². The van der Waals surface area contributed by atoms with Crippen LogP contribution in [0.25, 0.3) is 0 Å². The number of hydrogen-bond donors (Lipinski definition) is 1. The molecule has 1 aromatic carbocycles. The fourth-order valence-corrected chi connectivity index (χ4v) is 3.38. The number of benzene rings is 1. The Bertz CT molecular complexity index is 427. The quantitative estimate of drug-likeness (QED) is 0.858. The van der Waals surface area contributed by atoms with Crippen LogP contribution in [0.3, 0.4) is 0 Å². The van der Waals surface area contributed by atoms with Crippen LogP contribution >= 0.6 is 0 Å². The smallest absolute Gasteiger partial charge is 0.124 e. The summed E-state index contributed by atoms with van der Waals surface area (Å²) in [7, 11) is 0. The number of fused-ring (bicyclic) bond motifs is 1. The van der Waals surface area contributed by atoms with Crippen molar-refractivity contribution in [3.63, 3.8) is 0 Å². The molecule has 2 nitrogen and oxygen atoms in total. The predicted molar refractivity (Wildman–Crippen MR) is 73.9 cm³/mol. The lowest BCUT2D eigenvalue weighted by atomic mass is 9.91. The normalized spacial score (nSPS) is 29.7. The molecule has 98 valence electrons. The van der Waals surface area contributed by atoms with Gasteiger partial charge in [-0.2, -0.15) is 0 Å². The van der Waals surface area contributed by atoms with E-state index in [0.29, 0.717) is 17.5 Å². The molecule has 2 aliphatic rings. The zero-order chi connectivity index (χ0) is 12.6. The molecule has 0 aromatic heterocycles. The van der Waals surface area contributed by atoms with Gasteiger partial charge in [-0.25, -0.2) is 0 Å². The van der Waals surface area contributed by atoms with Crippen LogP contribution in [0, 0.1) is 5.41 Å². The van der Waals surface area contributed by atoms with Gasteiger partial charge in [-0.1, -0.05) is 32.0 Å². The highest BCUT2D eigenvalue weighted by molar-refractivity contribution is 5.37. The second-order valence-electron chi connectivity index (χ2n) is 6.50. The van der Waals surface area contributed by atoms with E-state index < -0.39 is 0 Å². The van der Waals surface area contributed by atoms with E-state index in [9.17, 15) is 0 Å². The SMILES string of the molecule is CC1(C)CCC(NC2CCOc3ccccc32)C1. The molecule has 1 saturated carbocycles. The molecule has 2 unspecified atom stereocenters. The van der Waals surface area contributed by atoms with E-state index in [1.165, 1.54) is 24.8 Å². The minimum atomic E-state index is 0.480. The van der Waals surface area contributed by atoms with Gasteiger partial charge in [0.1, 0.15) is 5.75 Å². The summed E-state index contributed by atoms with van der Waals surface area (Å²) in [4.78, 5) is 0. The Balaban J connectivity index is 1.71. The van der Waals surface area contributed by atoms with Crippen molar-refractivity contribution < 1.29 is 4.74 Å². The Labute approximate surface area is 110 Å². The van der Waals surface area contributed by atoms with E-state index in [4.69, 9.17) is 4.74 Å². The van der Waals surface area contributed by atoms with E-state index in [1.54, 1.807) is 0 Å². The van der Waals surface area contributed by atoms with Crippen LogP contribution in [0.15, 0.2) is 24.3 Å². The van der Waals surface area contributed by atoms with Gasteiger partial charge in [-0.3, -0.25) is 0 Å². The van der Waals surface area contributed by atoms with Gasteiger partial charge in [0.15, 0.2) is 0 Å². The third kappa shape index (κ3) is 2.39. The number of para-hydroxylation sites is 1. The maximum Gasteiger partial charge on any atom is 0.124 e. The van der Waals surface area contributed by atoms with Crippen molar-refractivity contribution in [2.24, 2.45) is 5.41 Å². The number of hydrogen-bond acceptors (Lipinski definition) is 2. The number of rotatable bonds is 2. The van der Waals surface area contributed by atoms with Crippen molar-refractivity contribution in [3.8, 4) is 5.75 Å². The van der Waals surface area contributed by atoms with Crippen LogP contribution in [0.1, 0.15) is 51.1 Å². The lowest BCUT2D eigenvalue weighted by Crippen LogP contribution is -2.34. The molecule has 1 aliphatic heterocycles. The first-order valence-electron chi connectivity index (χ1n) is 7.12. The molecule has 1 fully saturated rings. The maximum atomic E-state index is 5.72. The highest BCUT2D eigenvalue weighted by Crippen LogP contribution is 2.39. The van der Waals surface area contributed by atoms with Crippen LogP contribution in [0.2, 0.25) is 0 Å². The van der Waals surface area contributed by atoms with Crippen molar-refractivity contribution in [1.82, 2.24) is 5.32 Å². The summed E-state index contributed by atoms with van der Waals surface area (Å²) in [6, 6.07) is 9.61. The fraction of sp³-hybridized carbons (Fsp3) is 0.625. The molecule has 3 rings (SSSR count). The van der Waals surface area contributed by atoms with Gasteiger partial charge < -0.3 is 10.1 Å². The molecule has 0 radical (unpaired) electrons. The van der Waals surface area contributed by atoms with Crippen molar-refractivity contribution in [2.75, 3.05) is 6.61 Å². The molecule has 1 heterocycles. The van der Waals surface area contributed by atoms with Crippen molar-refractivity contribution >= 4 is 0 Å². The molecule has 18 heavy (non-hydrogen) atoms. The molecule has 2 atom stereocenters. The molecule has 1 aromatic rings. The average molecular weight is 245 g/mol. The van der Waals surface area contributed by atoms with Crippen LogP contribution in [0.5, 0.6) is 5.75 Å². The number of nitrogens with one attached hydrogen (secondary N) is 1. The highest BCUT2D eigenvalue weighted by atomic mass is 16.5. The average Bonchev–Trinajstić information content (AvgIpc) is 2.69. The first-order valence-corrected chi connectivity index (χ1v) is 7.12. The minimum Gasteiger partial charge on any atom is -0.493 e. The first-order chi connectivity index (χ1) is 8.64. The van der Waals surface area contributed by atoms with Gasteiger partial charge in [0.2, 0.25) is 0 Å². The van der Waals surface area contributed by atoms with Crippen molar-refractivity contribution in [2.45, 2.75) is 51.6 Å². The lowest BCUT2D eigenvalue weighted by molar-refractivity contribution is 0.241. The summed E-state index contributed by atoms with van der Waals surface area (Å²) in [5.41, 5.74) is 1.86. The fourth-order valence-electron chi connectivity index (χ4n) is 3.38. The molecule has 0 amide bonds. The monoisotopic (exact) mass is 245 g/mol. The molecule has 1 aliphatic carbocycles. The Morgan fingerprint density at radius 3 is 2.83 bits per heavy atom. The molecule has 0 spiro atoms. The molecular weight excluding hydrogens is 222 g/mol. The van der Waals surface area contributed by atoms with Gasteiger partial charge in [0.25, 0.3) is 0 Å². The van der Waals surface area contributed by atoms with Gasteiger partial charge in [-0.15, -0.1) is 0 Å². The predicted octanol–water partition coefficient (Wildman–Crippen LogP) is 3.68. The van der Waals surface area contributed by atoms with E-state index in [1.807, 2.05) is 0 Å². The first kappa shape index (κ1) is 12.0. The van der Waals surface area contributed by atoms with Crippen molar-refractivity contribution in [3.05, 3.63) is 29.8 Å². The third-order valence-corrected chi connectivity index (χ3v) is 4.36. The van der Waals surface area contributed by atoms with E-state index in [2.05, 4.69) is 43.4 Å². The zero-order valence-electron chi connectivity index (χ0n) is 11.4. The summed E-state index contributed by atoms with van der Waals surface area (Å²) in [6.45, 7) is 5.60. The van der Waals surface area contributed by atoms with Gasteiger partial charge in [-0.05, 0) is 30.7 Å². The summed E-state index contributed by atoms with van der Waals surface area (Å²) >= 11 is 0. The molecule has 2 heteroatoms. The molecule has 1 N–H and O–H groups in total. The van der Waals surface area contributed by atoms with Crippen LogP contribution in [0.4, 0.5) is 0 Å². The van der Waals surface area contributed by atoms with E-state index in [0.717, 1.165) is 18.8 Å². The minimum absolute atomic E-state index is 0.480. The summed E-state index contributed by atoms with van der Waals surface area (Å²) < 4.78 is 5.72. The standard InChI is InChI=1S/C16H23NO/c1-16(2)9-7-12(11-16)17-14-8-10-18-15-6-4-3-5-13(14)15/h3-6,12,14,17H,7-11H2,1-2H3. The molecular formula is C16H23NO. The Hall–Kier alpha value is -1.02. The lowest BCUT2D eigenvalue weighted by Gasteiger charge is -2.29. The zero-order valence-corrected chi connectivity index (χ0v) is 11.4. The summed E-state index contributed by atoms with van der Waals surface area (Å²) in [6.07, 6.45) is 5.04. The second-order valence-corrected chi connectivity index (χ2v) is 6.50. The molecule has 0 bridgehead atoms. The largest absolute Gasteiger partial charge is 0.493 e. The Kier molecular flexibility index (Phi) is 3.06. The Morgan fingerprint density at radius 2 is 2.06 bits per heavy atom. The third-order valence-electron chi connectivity index (χ3n) is 4.36. The van der Waals surface area contributed by atoms with Gasteiger partial charge in [0, 0.05) is 24.1 Å². The maximum absolute atomic E-state index is 5.72. The van der Waals surface area contributed by atoms with Crippen LogP contribution in [-0.2, 0) is 0 Å². The number of ether oxygens (including phenoxy) is 1. The van der Waals surface area contributed by atoms with Gasteiger partial charge >= 0.3 is 0 Å². The van der Waals surface area contributed by atoms with Gasteiger partial charge in [0.05, 0.1) is 6.61 Å². The van der Waals surface area contributed by atoms with Crippen molar-refractivity contribution in [1.29, 1.82) is 0 Å². The Morgan fingerprint density at radius 1 is 1.22 bits per heavy atom. The highest BCUT2D eigenvalue weighted by Gasteiger charge is 2.33. The summed E-state index contributed by atoms with van der Waals surface area (Å²) in [5, 5.41) is 3.85. The van der Waals surface area contributed by atoms with Crippen LogP contribution in [-0.4, -0.2) is 12.6 Å².